The number of hydrogen-bond acceptors (Lipinski definition) is 4. The summed E-state index contributed by atoms with van der Waals surface area (Å²) in [5, 5.41) is 2.50. The molecule has 0 bridgehead atoms. The van der Waals surface area contributed by atoms with Crippen LogP contribution < -0.4 is 0 Å². The van der Waals surface area contributed by atoms with Crippen LogP contribution in [0.25, 0.3) is 0 Å². The SMILES string of the molecule is CCN(CC)C(=O)n1cc(F)c(S(=O)(=O)c2cccc(Cl)c2Cl)n1. The first-order valence-corrected chi connectivity index (χ1v) is 9.21. The van der Waals surface area contributed by atoms with E-state index in [4.69, 9.17) is 23.2 Å². The van der Waals surface area contributed by atoms with E-state index in [1.54, 1.807) is 13.8 Å². The van der Waals surface area contributed by atoms with Crippen LogP contribution in [0.1, 0.15) is 13.8 Å². The van der Waals surface area contributed by atoms with E-state index in [0.717, 1.165) is 6.20 Å². The number of carbonyl (C=O) groups is 1. The van der Waals surface area contributed by atoms with Crippen molar-refractivity contribution >= 4 is 39.1 Å². The van der Waals surface area contributed by atoms with Crippen molar-refractivity contribution in [3.05, 3.63) is 40.3 Å². The van der Waals surface area contributed by atoms with Crippen molar-refractivity contribution in [2.24, 2.45) is 0 Å². The smallest absolute Gasteiger partial charge is 0.323 e. The maximum absolute atomic E-state index is 14.1. The zero-order valence-electron chi connectivity index (χ0n) is 12.8. The molecule has 0 aliphatic carbocycles. The lowest BCUT2D eigenvalue weighted by atomic mass is 10.4. The van der Waals surface area contributed by atoms with Crippen molar-refractivity contribution in [1.82, 2.24) is 14.7 Å². The zero-order valence-corrected chi connectivity index (χ0v) is 15.2. The van der Waals surface area contributed by atoms with Crippen LogP contribution in [0, 0.1) is 5.82 Å². The van der Waals surface area contributed by atoms with Crippen LogP contribution >= 0.6 is 23.2 Å². The molecule has 10 heteroatoms. The summed E-state index contributed by atoms with van der Waals surface area (Å²) in [7, 11) is -4.37. The van der Waals surface area contributed by atoms with Crippen molar-refractivity contribution < 1.29 is 17.6 Å². The molecule has 0 saturated heterocycles. The summed E-state index contributed by atoms with van der Waals surface area (Å²) in [6, 6.07) is 3.34. The fourth-order valence-corrected chi connectivity index (χ4v) is 4.03. The van der Waals surface area contributed by atoms with E-state index >= 15 is 0 Å². The van der Waals surface area contributed by atoms with Gasteiger partial charge in [-0.05, 0) is 26.0 Å². The van der Waals surface area contributed by atoms with Gasteiger partial charge in [0, 0.05) is 13.1 Å². The van der Waals surface area contributed by atoms with E-state index in [1.165, 1.54) is 23.1 Å². The summed E-state index contributed by atoms with van der Waals surface area (Å²) in [5.74, 6) is -1.15. The second kappa shape index (κ2) is 7.08. The second-order valence-electron chi connectivity index (χ2n) is 4.74. The van der Waals surface area contributed by atoms with Crippen LogP contribution in [0.5, 0.6) is 0 Å². The molecule has 1 aromatic carbocycles. The van der Waals surface area contributed by atoms with E-state index in [0.29, 0.717) is 17.8 Å². The average Bonchev–Trinajstić information content (AvgIpc) is 2.93. The molecule has 0 saturated carbocycles. The monoisotopic (exact) mass is 393 g/mol. The number of halogens is 3. The summed E-state index contributed by atoms with van der Waals surface area (Å²) >= 11 is 11.7. The highest BCUT2D eigenvalue weighted by atomic mass is 35.5. The second-order valence-corrected chi connectivity index (χ2v) is 7.36. The third-order valence-corrected chi connectivity index (χ3v) is 5.96. The number of amides is 1. The van der Waals surface area contributed by atoms with Gasteiger partial charge >= 0.3 is 6.03 Å². The minimum atomic E-state index is -4.37. The minimum Gasteiger partial charge on any atom is -0.323 e. The Morgan fingerprint density at radius 3 is 2.50 bits per heavy atom. The van der Waals surface area contributed by atoms with Crippen LogP contribution in [0.2, 0.25) is 10.0 Å². The fourth-order valence-electron chi connectivity index (χ4n) is 2.05. The molecule has 0 aliphatic heterocycles. The fraction of sp³-hybridized carbons (Fsp3) is 0.286. The van der Waals surface area contributed by atoms with Crippen molar-refractivity contribution in [1.29, 1.82) is 0 Å². The number of benzene rings is 1. The summed E-state index contributed by atoms with van der Waals surface area (Å²) in [4.78, 5) is 13.2. The first kappa shape index (κ1) is 18.7. The van der Waals surface area contributed by atoms with Gasteiger partial charge in [0.1, 0.15) is 0 Å². The van der Waals surface area contributed by atoms with Gasteiger partial charge in [-0.2, -0.15) is 4.68 Å². The van der Waals surface area contributed by atoms with Gasteiger partial charge in [0.25, 0.3) is 0 Å². The number of sulfone groups is 1. The number of carbonyl (C=O) groups excluding carboxylic acids is 1. The first-order chi connectivity index (χ1) is 11.2. The maximum atomic E-state index is 14.1. The van der Waals surface area contributed by atoms with Gasteiger partial charge in [0.05, 0.1) is 21.1 Å². The number of aromatic nitrogens is 2. The van der Waals surface area contributed by atoms with Crippen molar-refractivity contribution in [3.63, 3.8) is 0 Å². The predicted molar refractivity (Wildman–Crippen MR) is 87.8 cm³/mol. The predicted octanol–water partition coefficient (Wildman–Crippen LogP) is 3.47. The topological polar surface area (TPSA) is 72.3 Å². The third-order valence-electron chi connectivity index (χ3n) is 3.33. The van der Waals surface area contributed by atoms with Crippen molar-refractivity contribution in [2.45, 2.75) is 23.8 Å². The molecule has 1 aromatic heterocycles. The molecule has 130 valence electrons. The standard InChI is InChI=1S/C14H14Cl2FN3O3S/c1-3-19(4-2)14(21)20-8-10(17)13(18-20)24(22,23)11-7-5-6-9(15)12(11)16/h5-8H,3-4H2,1-2H3. The van der Waals surface area contributed by atoms with Gasteiger partial charge in [0.15, 0.2) is 5.82 Å². The van der Waals surface area contributed by atoms with E-state index in [-0.39, 0.29) is 14.9 Å². The summed E-state index contributed by atoms with van der Waals surface area (Å²) in [6.45, 7) is 4.23. The zero-order chi connectivity index (χ0) is 18.1. The minimum absolute atomic E-state index is 0.0109. The highest BCUT2D eigenvalue weighted by Gasteiger charge is 2.30. The molecule has 1 heterocycles. The Balaban J connectivity index is 2.53. The van der Waals surface area contributed by atoms with Gasteiger partial charge < -0.3 is 4.90 Å². The Hall–Kier alpha value is -1.64. The van der Waals surface area contributed by atoms with Crippen LogP contribution in [0.3, 0.4) is 0 Å². The van der Waals surface area contributed by atoms with Gasteiger partial charge in [-0.1, -0.05) is 29.3 Å². The third kappa shape index (κ3) is 3.26. The Morgan fingerprint density at radius 2 is 1.92 bits per heavy atom. The Labute approximate surface area is 148 Å². The molecule has 2 rings (SSSR count). The van der Waals surface area contributed by atoms with Gasteiger partial charge in [-0.25, -0.2) is 17.6 Å². The molecule has 0 atom stereocenters. The van der Waals surface area contributed by atoms with Gasteiger partial charge in [0.2, 0.25) is 14.9 Å². The molecule has 6 nitrogen and oxygen atoms in total. The summed E-state index contributed by atoms with van der Waals surface area (Å²) in [5.41, 5.74) is 0. The molecule has 0 unspecified atom stereocenters. The number of rotatable bonds is 4. The van der Waals surface area contributed by atoms with Crippen LogP contribution in [-0.2, 0) is 9.84 Å². The lowest BCUT2D eigenvalue weighted by Gasteiger charge is -2.17. The highest BCUT2D eigenvalue weighted by Crippen LogP contribution is 2.32. The molecule has 0 aliphatic rings. The van der Waals surface area contributed by atoms with Crippen LogP contribution in [-0.4, -0.2) is 42.2 Å². The largest absolute Gasteiger partial charge is 0.344 e. The lowest BCUT2D eigenvalue weighted by Crippen LogP contribution is -2.34. The highest BCUT2D eigenvalue weighted by molar-refractivity contribution is 7.91. The average molecular weight is 394 g/mol. The number of nitrogens with zero attached hydrogens (tertiary/aromatic N) is 3. The van der Waals surface area contributed by atoms with Gasteiger partial charge in [-0.3, -0.25) is 0 Å². The van der Waals surface area contributed by atoms with Crippen LogP contribution in [0.15, 0.2) is 34.3 Å². The number of hydrogen-bond donors (Lipinski definition) is 0. The van der Waals surface area contributed by atoms with Gasteiger partial charge in [-0.15, -0.1) is 5.10 Å². The molecule has 0 fully saturated rings. The Kier molecular flexibility index (Phi) is 5.52. The Bertz CT molecular complexity index is 879. The van der Waals surface area contributed by atoms with E-state index < -0.39 is 26.7 Å². The van der Waals surface area contributed by atoms with Crippen molar-refractivity contribution in [2.75, 3.05) is 13.1 Å². The van der Waals surface area contributed by atoms with Crippen LogP contribution in [0.4, 0.5) is 9.18 Å². The van der Waals surface area contributed by atoms with Crippen molar-refractivity contribution in [3.8, 4) is 0 Å². The summed E-state index contributed by atoms with van der Waals surface area (Å²) < 4.78 is 40.0. The molecule has 0 N–H and O–H groups in total. The Morgan fingerprint density at radius 1 is 1.29 bits per heavy atom. The molecule has 0 radical (unpaired) electrons. The maximum Gasteiger partial charge on any atom is 0.344 e. The normalized spacial score (nSPS) is 11.5. The van der Waals surface area contributed by atoms with E-state index in [2.05, 4.69) is 5.10 Å². The first-order valence-electron chi connectivity index (χ1n) is 6.97. The molecule has 1 amide bonds. The molecule has 0 spiro atoms. The molecule has 2 aromatic rings. The van der Waals surface area contributed by atoms with E-state index in [1.807, 2.05) is 0 Å². The molecule has 24 heavy (non-hydrogen) atoms. The quantitative estimate of drug-likeness (QED) is 0.796. The van der Waals surface area contributed by atoms with E-state index in [9.17, 15) is 17.6 Å². The summed E-state index contributed by atoms with van der Waals surface area (Å²) in [6.07, 6.45) is 0.728. The lowest BCUT2D eigenvalue weighted by molar-refractivity contribution is 0.201. The molecular formula is C14H14Cl2FN3O3S. The molecular weight excluding hydrogens is 380 g/mol.